The number of rotatable bonds is 5. The second-order valence-electron chi connectivity index (χ2n) is 8.14. The number of pyridine rings is 1. The Morgan fingerprint density at radius 1 is 1.10 bits per heavy atom. The van der Waals surface area contributed by atoms with Gasteiger partial charge in [-0.05, 0) is 51.7 Å². The summed E-state index contributed by atoms with van der Waals surface area (Å²) in [7, 11) is 4.00. The minimum atomic E-state index is 0.0491. The van der Waals surface area contributed by atoms with E-state index >= 15 is 0 Å². The molecule has 168 valence electrons. The predicted octanol–water partition coefficient (Wildman–Crippen LogP) is 3.31. The molecule has 0 fully saturated rings. The Morgan fingerprint density at radius 2 is 1.90 bits per heavy atom. The maximum atomic E-state index is 12.5. The Bertz CT molecular complexity index is 828. The van der Waals surface area contributed by atoms with Crippen molar-refractivity contribution in [1.29, 1.82) is 0 Å². The van der Waals surface area contributed by atoms with Gasteiger partial charge in [-0.1, -0.05) is 31.0 Å². The zero-order valence-corrected chi connectivity index (χ0v) is 18.7. The molecule has 2 heterocycles. The Hall–Kier alpha value is -2.64. The zero-order chi connectivity index (χ0) is 21.9. The average Bonchev–Trinajstić information content (AvgIpc) is 2.74. The van der Waals surface area contributed by atoms with Crippen LogP contribution in [-0.2, 0) is 11.3 Å². The van der Waals surface area contributed by atoms with E-state index in [0.29, 0.717) is 37.9 Å². The molecule has 0 atom stereocenters. The number of fused-ring (bicyclic) bond motifs is 2. The number of carbonyl (C=O) groups is 1. The quantitative estimate of drug-likeness (QED) is 0.791. The van der Waals surface area contributed by atoms with Crippen LogP contribution < -0.4 is 14.8 Å². The molecule has 31 heavy (non-hydrogen) atoms. The van der Waals surface area contributed by atoms with E-state index in [1.807, 2.05) is 50.5 Å². The van der Waals surface area contributed by atoms with Gasteiger partial charge in [0.2, 0.25) is 11.8 Å². The highest BCUT2D eigenvalue weighted by Gasteiger charge is 2.16. The number of hydrogen-bond donors (Lipinski definition) is 1. The SMILES string of the molecule is CN(C)CCNC(=O)CN1CCCCCCOc2ccccc2Oc2ncccc2C1. The van der Waals surface area contributed by atoms with Crippen molar-refractivity contribution in [3.63, 3.8) is 0 Å². The minimum Gasteiger partial charge on any atom is -0.490 e. The number of amides is 1. The summed E-state index contributed by atoms with van der Waals surface area (Å²) < 4.78 is 12.1. The van der Waals surface area contributed by atoms with E-state index < -0.39 is 0 Å². The molecule has 7 heteroatoms. The van der Waals surface area contributed by atoms with E-state index in [2.05, 4.69) is 20.1 Å². The number of hydrogen-bond acceptors (Lipinski definition) is 6. The molecule has 0 radical (unpaired) electrons. The molecule has 0 aliphatic carbocycles. The lowest BCUT2D eigenvalue weighted by Gasteiger charge is -2.23. The van der Waals surface area contributed by atoms with Crippen molar-refractivity contribution >= 4 is 5.91 Å². The lowest BCUT2D eigenvalue weighted by Crippen LogP contribution is -2.39. The Balaban J connectivity index is 1.75. The molecule has 1 aromatic heterocycles. The Kier molecular flexibility index (Phi) is 9.12. The number of ether oxygens (including phenoxy) is 2. The van der Waals surface area contributed by atoms with E-state index in [1.54, 1.807) is 6.20 Å². The first kappa shape index (κ1) is 23.0. The van der Waals surface area contributed by atoms with Crippen molar-refractivity contribution in [3.8, 4) is 17.4 Å². The fourth-order valence-corrected chi connectivity index (χ4v) is 3.50. The Labute approximate surface area is 185 Å². The predicted molar refractivity (Wildman–Crippen MR) is 122 cm³/mol. The number of aromatic nitrogens is 1. The largest absolute Gasteiger partial charge is 0.490 e. The first-order valence-electron chi connectivity index (χ1n) is 11.1. The fraction of sp³-hybridized carbons (Fsp3) is 0.500. The topological polar surface area (TPSA) is 66.9 Å². The van der Waals surface area contributed by atoms with Crippen molar-refractivity contribution in [1.82, 2.24) is 20.1 Å². The molecular formula is C24H34N4O3. The molecule has 1 aliphatic heterocycles. The van der Waals surface area contributed by atoms with E-state index in [4.69, 9.17) is 9.47 Å². The van der Waals surface area contributed by atoms with E-state index in [-0.39, 0.29) is 5.91 Å². The standard InChI is InChI=1S/C24H34N4O3/c1-27(2)16-14-25-23(29)19-28-15-7-3-4-8-17-30-21-11-5-6-12-22(21)31-24-20(18-28)10-9-13-26-24/h5-6,9-13H,3-4,7-8,14-19H2,1-2H3,(H,25,29). The number of carbonyl (C=O) groups excluding carboxylic acids is 1. The molecule has 0 bridgehead atoms. The molecule has 2 aromatic rings. The van der Waals surface area contributed by atoms with Crippen molar-refractivity contribution in [3.05, 3.63) is 48.2 Å². The highest BCUT2D eigenvalue weighted by molar-refractivity contribution is 5.78. The minimum absolute atomic E-state index is 0.0491. The lowest BCUT2D eigenvalue weighted by molar-refractivity contribution is -0.122. The van der Waals surface area contributed by atoms with Crippen LogP contribution in [-0.4, -0.2) is 67.6 Å². The summed E-state index contributed by atoms with van der Waals surface area (Å²) in [6.07, 6.45) is 5.97. The molecule has 1 N–H and O–H groups in total. The van der Waals surface area contributed by atoms with Crippen LogP contribution in [0.25, 0.3) is 0 Å². The lowest BCUT2D eigenvalue weighted by atomic mass is 10.1. The highest BCUT2D eigenvalue weighted by Crippen LogP contribution is 2.32. The van der Waals surface area contributed by atoms with Gasteiger partial charge in [0, 0.05) is 31.4 Å². The van der Waals surface area contributed by atoms with Gasteiger partial charge in [-0.15, -0.1) is 0 Å². The summed E-state index contributed by atoms with van der Waals surface area (Å²) in [6, 6.07) is 11.6. The molecule has 0 saturated carbocycles. The first-order chi connectivity index (χ1) is 15.1. The van der Waals surface area contributed by atoms with Crippen LogP contribution in [0.4, 0.5) is 0 Å². The molecule has 1 amide bonds. The molecule has 0 spiro atoms. The second-order valence-corrected chi connectivity index (χ2v) is 8.14. The molecule has 0 unspecified atom stereocenters. The molecular weight excluding hydrogens is 392 g/mol. The van der Waals surface area contributed by atoms with Crippen molar-refractivity contribution in [2.24, 2.45) is 0 Å². The summed E-state index contributed by atoms with van der Waals surface area (Å²) in [5.74, 6) is 1.99. The van der Waals surface area contributed by atoms with Crippen LogP contribution in [0, 0.1) is 0 Å². The molecule has 7 nitrogen and oxygen atoms in total. The van der Waals surface area contributed by atoms with Crippen LogP contribution in [0.5, 0.6) is 17.4 Å². The summed E-state index contributed by atoms with van der Waals surface area (Å²) in [5.41, 5.74) is 0.954. The molecule has 0 saturated heterocycles. The van der Waals surface area contributed by atoms with Gasteiger partial charge in [0.05, 0.1) is 13.2 Å². The van der Waals surface area contributed by atoms with Crippen LogP contribution in [0.2, 0.25) is 0 Å². The highest BCUT2D eigenvalue weighted by atomic mass is 16.5. The third-order valence-corrected chi connectivity index (χ3v) is 5.17. The van der Waals surface area contributed by atoms with Crippen LogP contribution in [0.15, 0.2) is 42.6 Å². The first-order valence-corrected chi connectivity index (χ1v) is 11.1. The number of benzene rings is 1. The normalized spacial score (nSPS) is 15.7. The summed E-state index contributed by atoms with van der Waals surface area (Å²) >= 11 is 0. The van der Waals surface area contributed by atoms with Gasteiger partial charge in [-0.2, -0.15) is 0 Å². The van der Waals surface area contributed by atoms with Crippen LogP contribution in [0.1, 0.15) is 31.2 Å². The monoisotopic (exact) mass is 426 g/mol. The summed E-state index contributed by atoms with van der Waals surface area (Å²) in [4.78, 5) is 21.2. The van der Waals surface area contributed by atoms with Gasteiger partial charge in [0.15, 0.2) is 11.5 Å². The third kappa shape index (κ3) is 7.84. The summed E-state index contributed by atoms with van der Waals surface area (Å²) in [6.45, 7) is 3.96. The van der Waals surface area contributed by atoms with Gasteiger partial charge >= 0.3 is 0 Å². The Morgan fingerprint density at radius 3 is 2.74 bits per heavy atom. The van der Waals surface area contributed by atoms with Gasteiger partial charge in [0.1, 0.15) is 0 Å². The number of para-hydroxylation sites is 2. The third-order valence-electron chi connectivity index (χ3n) is 5.17. The van der Waals surface area contributed by atoms with Crippen molar-refractivity contribution < 1.29 is 14.3 Å². The van der Waals surface area contributed by atoms with Gasteiger partial charge < -0.3 is 19.7 Å². The van der Waals surface area contributed by atoms with E-state index in [9.17, 15) is 4.79 Å². The van der Waals surface area contributed by atoms with E-state index in [1.165, 1.54) is 0 Å². The maximum Gasteiger partial charge on any atom is 0.234 e. The van der Waals surface area contributed by atoms with Crippen LogP contribution >= 0.6 is 0 Å². The van der Waals surface area contributed by atoms with Crippen molar-refractivity contribution in [2.45, 2.75) is 32.2 Å². The van der Waals surface area contributed by atoms with Gasteiger partial charge in [0.25, 0.3) is 0 Å². The smallest absolute Gasteiger partial charge is 0.234 e. The van der Waals surface area contributed by atoms with E-state index in [0.717, 1.165) is 50.1 Å². The maximum absolute atomic E-state index is 12.5. The molecule has 1 aromatic carbocycles. The van der Waals surface area contributed by atoms with Gasteiger partial charge in [-0.25, -0.2) is 4.98 Å². The average molecular weight is 427 g/mol. The fourth-order valence-electron chi connectivity index (χ4n) is 3.50. The number of nitrogens with zero attached hydrogens (tertiary/aromatic N) is 3. The molecule has 3 rings (SSSR count). The number of nitrogens with one attached hydrogen (secondary N) is 1. The molecule has 1 aliphatic rings. The van der Waals surface area contributed by atoms with Crippen LogP contribution in [0.3, 0.4) is 0 Å². The van der Waals surface area contributed by atoms with Gasteiger partial charge in [-0.3, -0.25) is 9.69 Å². The zero-order valence-electron chi connectivity index (χ0n) is 18.7. The van der Waals surface area contributed by atoms with Crippen molar-refractivity contribution in [2.75, 3.05) is 46.9 Å². The number of likely N-dealkylation sites (N-methyl/N-ethyl adjacent to an activating group) is 1. The second kappa shape index (κ2) is 12.3. The summed E-state index contributed by atoms with van der Waals surface area (Å²) in [5, 5.41) is 3.02.